The van der Waals surface area contributed by atoms with E-state index in [9.17, 15) is 4.39 Å². The van der Waals surface area contributed by atoms with Gasteiger partial charge in [0.15, 0.2) is 11.6 Å². The fourth-order valence-electron chi connectivity index (χ4n) is 4.26. The molecular formula is C23H24FN5O. The molecule has 1 aliphatic heterocycles. The Morgan fingerprint density at radius 2 is 1.87 bits per heavy atom. The molecule has 1 unspecified atom stereocenters. The summed E-state index contributed by atoms with van der Waals surface area (Å²) in [6, 6.07) is 8.88. The Labute approximate surface area is 174 Å². The van der Waals surface area contributed by atoms with Crippen LogP contribution in [0.15, 0.2) is 42.7 Å². The van der Waals surface area contributed by atoms with Crippen molar-refractivity contribution in [3.05, 3.63) is 48.5 Å². The molecule has 6 nitrogen and oxygen atoms in total. The minimum absolute atomic E-state index is 0.187. The lowest BCUT2D eigenvalue weighted by Gasteiger charge is -2.32. The van der Waals surface area contributed by atoms with Gasteiger partial charge in [-0.3, -0.25) is 9.88 Å². The molecule has 1 atom stereocenters. The highest BCUT2D eigenvalue weighted by Crippen LogP contribution is 2.28. The largest absolute Gasteiger partial charge is 0.494 e. The summed E-state index contributed by atoms with van der Waals surface area (Å²) in [6.45, 7) is 4.40. The highest BCUT2D eigenvalue weighted by molar-refractivity contribution is 5.93. The van der Waals surface area contributed by atoms with Gasteiger partial charge in [0.1, 0.15) is 6.17 Å². The third-order valence-corrected chi connectivity index (χ3v) is 5.98. The van der Waals surface area contributed by atoms with Crippen LogP contribution in [0.1, 0.15) is 32.4 Å². The molecule has 0 bridgehead atoms. The van der Waals surface area contributed by atoms with Gasteiger partial charge in [0.05, 0.1) is 41.7 Å². The average Bonchev–Trinajstić information content (AvgIpc) is 3.19. The van der Waals surface area contributed by atoms with Crippen molar-refractivity contribution in [2.45, 2.75) is 32.4 Å². The summed E-state index contributed by atoms with van der Waals surface area (Å²) in [5, 5.41) is 5.71. The van der Waals surface area contributed by atoms with Crippen molar-refractivity contribution in [1.29, 1.82) is 0 Å². The second-order valence-corrected chi connectivity index (χ2v) is 7.82. The van der Waals surface area contributed by atoms with Crippen LogP contribution in [0.2, 0.25) is 0 Å². The Morgan fingerprint density at radius 3 is 2.63 bits per heavy atom. The van der Waals surface area contributed by atoms with Crippen molar-refractivity contribution in [3.8, 4) is 17.0 Å². The average molecular weight is 405 g/mol. The third-order valence-electron chi connectivity index (χ3n) is 5.98. The van der Waals surface area contributed by atoms with Gasteiger partial charge in [-0.25, -0.2) is 14.1 Å². The van der Waals surface area contributed by atoms with Gasteiger partial charge < -0.3 is 4.74 Å². The minimum atomic E-state index is -0.416. The van der Waals surface area contributed by atoms with E-state index in [0.717, 1.165) is 35.0 Å². The van der Waals surface area contributed by atoms with Crippen LogP contribution in [0.4, 0.5) is 4.39 Å². The van der Waals surface area contributed by atoms with E-state index in [1.165, 1.54) is 32.4 Å². The van der Waals surface area contributed by atoms with Gasteiger partial charge in [0.2, 0.25) is 0 Å². The molecule has 0 amide bonds. The van der Waals surface area contributed by atoms with E-state index in [0.29, 0.717) is 11.3 Å². The molecule has 4 aromatic rings. The topological polar surface area (TPSA) is 56.1 Å². The molecule has 7 heteroatoms. The first kappa shape index (κ1) is 18.9. The first-order chi connectivity index (χ1) is 14.6. The summed E-state index contributed by atoms with van der Waals surface area (Å²) in [6.07, 6.45) is 7.53. The van der Waals surface area contributed by atoms with Crippen molar-refractivity contribution < 1.29 is 9.13 Å². The van der Waals surface area contributed by atoms with Gasteiger partial charge in [0, 0.05) is 24.0 Å². The van der Waals surface area contributed by atoms with E-state index in [4.69, 9.17) is 9.72 Å². The number of benzene rings is 2. The molecule has 0 saturated carbocycles. The van der Waals surface area contributed by atoms with Gasteiger partial charge >= 0.3 is 0 Å². The second-order valence-electron chi connectivity index (χ2n) is 7.82. The van der Waals surface area contributed by atoms with E-state index in [-0.39, 0.29) is 11.9 Å². The molecule has 0 aliphatic carbocycles. The van der Waals surface area contributed by atoms with Crippen LogP contribution in [0.5, 0.6) is 5.75 Å². The van der Waals surface area contributed by atoms with Crippen molar-refractivity contribution in [3.63, 3.8) is 0 Å². The molecule has 154 valence electrons. The number of fused-ring (bicyclic) bond motifs is 2. The molecule has 0 N–H and O–H groups in total. The van der Waals surface area contributed by atoms with E-state index in [1.54, 1.807) is 18.3 Å². The molecule has 2 aromatic carbocycles. The highest BCUT2D eigenvalue weighted by atomic mass is 19.1. The number of piperidine rings is 1. The lowest BCUT2D eigenvalue weighted by molar-refractivity contribution is 0.120. The van der Waals surface area contributed by atoms with Crippen LogP contribution in [0.25, 0.3) is 33.2 Å². The zero-order valence-electron chi connectivity index (χ0n) is 17.2. The van der Waals surface area contributed by atoms with Gasteiger partial charge in [-0.2, -0.15) is 5.10 Å². The van der Waals surface area contributed by atoms with Crippen LogP contribution < -0.4 is 4.74 Å². The zero-order chi connectivity index (χ0) is 20.7. The Kier molecular flexibility index (Phi) is 4.83. The molecule has 30 heavy (non-hydrogen) atoms. The van der Waals surface area contributed by atoms with Crippen molar-refractivity contribution in [1.82, 2.24) is 24.6 Å². The van der Waals surface area contributed by atoms with E-state index < -0.39 is 5.82 Å². The van der Waals surface area contributed by atoms with Crippen LogP contribution in [0.3, 0.4) is 0 Å². The summed E-state index contributed by atoms with van der Waals surface area (Å²) in [5.74, 6) is -0.203. The highest BCUT2D eigenvalue weighted by Gasteiger charge is 2.20. The van der Waals surface area contributed by atoms with Gasteiger partial charge in [-0.15, -0.1) is 0 Å². The smallest absolute Gasteiger partial charge is 0.165 e. The molecule has 0 spiro atoms. The monoisotopic (exact) mass is 405 g/mol. The molecule has 1 saturated heterocycles. The quantitative estimate of drug-likeness (QED) is 0.488. The summed E-state index contributed by atoms with van der Waals surface area (Å²) in [4.78, 5) is 11.8. The maximum atomic E-state index is 14.1. The number of methoxy groups -OCH3 is 1. The van der Waals surface area contributed by atoms with Crippen molar-refractivity contribution in [2.24, 2.45) is 0 Å². The first-order valence-corrected chi connectivity index (χ1v) is 10.4. The normalized spacial score (nSPS) is 16.2. The number of hydrogen-bond donors (Lipinski definition) is 0. The second kappa shape index (κ2) is 7.65. The Balaban J connectivity index is 1.56. The Hall–Kier alpha value is -3.06. The van der Waals surface area contributed by atoms with Gasteiger partial charge in [-0.05, 0) is 50.1 Å². The summed E-state index contributed by atoms with van der Waals surface area (Å²) < 4.78 is 21.2. The number of ether oxygens (including phenoxy) is 1. The van der Waals surface area contributed by atoms with Crippen LogP contribution in [-0.2, 0) is 0 Å². The summed E-state index contributed by atoms with van der Waals surface area (Å²) >= 11 is 0. The van der Waals surface area contributed by atoms with E-state index in [2.05, 4.69) is 26.6 Å². The standard InChI is InChI=1S/C23H24FN5O/c1-15(28-8-4-3-5-9-28)29-22-12-20-19(11-17(22)13-26-29)25-14-21(27-20)16-6-7-23(30-2)18(24)10-16/h6-7,10-15H,3-5,8-9H2,1-2H3. The van der Waals surface area contributed by atoms with Crippen LogP contribution in [0, 0.1) is 5.82 Å². The third kappa shape index (κ3) is 3.29. The summed E-state index contributed by atoms with van der Waals surface area (Å²) in [5.41, 5.74) is 3.89. The fourth-order valence-corrected chi connectivity index (χ4v) is 4.26. The molecule has 2 aromatic heterocycles. The Bertz CT molecular complexity index is 1220. The fraction of sp³-hybridized carbons (Fsp3) is 0.348. The number of aromatic nitrogens is 4. The molecular weight excluding hydrogens is 381 g/mol. The van der Waals surface area contributed by atoms with Crippen LogP contribution in [-0.4, -0.2) is 44.8 Å². The predicted octanol–water partition coefficient (Wildman–Crippen LogP) is 4.80. The molecule has 5 rings (SSSR count). The number of likely N-dealkylation sites (tertiary alicyclic amines) is 1. The van der Waals surface area contributed by atoms with E-state index >= 15 is 0 Å². The SMILES string of the molecule is COc1ccc(-c2cnc3cc4cnn(C(C)N5CCCCC5)c4cc3n2)cc1F. The molecule has 1 fully saturated rings. The van der Waals surface area contributed by atoms with Crippen LogP contribution >= 0.6 is 0 Å². The molecule has 3 heterocycles. The van der Waals surface area contributed by atoms with Gasteiger partial charge in [0.25, 0.3) is 0 Å². The number of hydrogen-bond acceptors (Lipinski definition) is 5. The van der Waals surface area contributed by atoms with Crippen molar-refractivity contribution in [2.75, 3.05) is 20.2 Å². The first-order valence-electron chi connectivity index (χ1n) is 10.4. The number of halogens is 1. The van der Waals surface area contributed by atoms with E-state index in [1.807, 2.05) is 18.3 Å². The van der Waals surface area contributed by atoms with Gasteiger partial charge in [-0.1, -0.05) is 6.42 Å². The van der Waals surface area contributed by atoms with Crippen molar-refractivity contribution >= 4 is 21.9 Å². The predicted molar refractivity (Wildman–Crippen MR) is 115 cm³/mol. The summed E-state index contributed by atoms with van der Waals surface area (Å²) in [7, 11) is 1.45. The minimum Gasteiger partial charge on any atom is -0.494 e. The molecule has 0 radical (unpaired) electrons. The Morgan fingerprint density at radius 1 is 1.03 bits per heavy atom. The molecule has 1 aliphatic rings. The maximum Gasteiger partial charge on any atom is 0.165 e. The zero-order valence-corrected chi connectivity index (χ0v) is 17.2. The maximum absolute atomic E-state index is 14.1. The lowest BCUT2D eigenvalue weighted by Crippen LogP contribution is -2.35. The number of rotatable bonds is 4. The number of nitrogens with zero attached hydrogens (tertiary/aromatic N) is 5. The lowest BCUT2D eigenvalue weighted by atomic mass is 10.1.